The highest BCUT2D eigenvalue weighted by molar-refractivity contribution is 5.45. The first kappa shape index (κ1) is 14.5. The molecular formula is C14H20N4O2. The lowest BCUT2D eigenvalue weighted by Crippen LogP contribution is -2.23. The molecule has 108 valence electrons. The van der Waals surface area contributed by atoms with Crippen LogP contribution in [0, 0.1) is 0 Å². The molecule has 0 aliphatic rings. The summed E-state index contributed by atoms with van der Waals surface area (Å²) in [5.74, 6) is 0. The number of rotatable bonds is 6. The van der Waals surface area contributed by atoms with E-state index in [0.717, 1.165) is 29.7 Å². The Morgan fingerprint density at radius 1 is 1.25 bits per heavy atom. The van der Waals surface area contributed by atoms with E-state index in [0.29, 0.717) is 13.2 Å². The fourth-order valence-corrected chi connectivity index (χ4v) is 2.10. The molecule has 0 aliphatic heterocycles. The fourth-order valence-electron chi connectivity index (χ4n) is 2.10. The number of ether oxygens (including phenoxy) is 1. The second-order valence-corrected chi connectivity index (χ2v) is 4.62. The Hall–Kier alpha value is -1.95. The highest BCUT2D eigenvalue weighted by Crippen LogP contribution is 2.19. The number of aromatic nitrogens is 4. The first-order valence-electron chi connectivity index (χ1n) is 6.86. The monoisotopic (exact) mass is 276 g/mol. The van der Waals surface area contributed by atoms with Crippen LogP contribution in [-0.2, 0) is 24.8 Å². The van der Waals surface area contributed by atoms with E-state index in [1.807, 2.05) is 12.1 Å². The van der Waals surface area contributed by atoms with Gasteiger partial charge in [-0.25, -0.2) is 4.79 Å². The highest BCUT2D eigenvalue weighted by Gasteiger charge is 2.13. The van der Waals surface area contributed by atoms with Gasteiger partial charge in [0, 0.05) is 19.2 Å². The number of aryl methyl sites for hydroxylation is 2. The minimum absolute atomic E-state index is 0.255. The number of tetrazole rings is 1. The van der Waals surface area contributed by atoms with Crippen molar-refractivity contribution in [2.45, 2.75) is 33.3 Å². The van der Waals surface area contributed by atoms with Crippen LogP contribution < -0.4 is 5.69 Å². The van der Waals surface area contributed by atoms with Crippen LogP contribution in [0.2, 0.25) is 0 Å². The Labute approximate surface area is 118 Å². The molecule has 6 nitrogen and oxygen atoms in total. The molecule has 1 heterocycles. The molecular weight excluding hydrogens is 256 g/mol. The van der Waals surface area contributed by atoms with E-state index in [9.17, 15) is 4.79 Å². The van der Waals surface area contributed by atoms with Gasteiger partial charge in [-0.15, -0.1) is 0 Å². The van der Waals surface area contributed by atoms with Crippen LogP contribution in [-0.4, -0.2) is 26.4 Å². The summed E-state index contributed by atoms with van der Waals surface area (Å²) < 4.78 is 8.19. The molecule has 1 aromatic heterocycles. The zero-order valence-electron chi connectivity index (χ0n) is 12.2. The molecule has 0 unspecified atom stereocenters. The van der Waals surface area contributed by atoms with Gasteiger partial charge < -0.3 is 4.74 Å². The lowest BCUT2D eigenvalue weighted by Gasteiger charge is -2.13. The quantitative estimate of drug-likeness (QED) is 0.749. The maximum atomic E-state index is 12.0. The van der Waals surface area contributed by atoms with E-state index in [1.54, 1.807) is 7.05 Å². The Bertz CT molecular complexity index is 630. The minimum atomic E-state index is -0.255. The van der Waals surface area contributed by atoms with E-state index < -0.39 is 0 Å². The number of benzene rings is 1. The Kier molecular flexibility index (Phi) is 4.68. The highest BCUT2D eigenvalue weighted by atomic mass is 16.5. The van der Waals surface area contributed by atoms with Crippen molar-refractivity contribution in [3.05, 3.63) is 39.8 Å². The van der Waals surface area contributed by atoms with Crippen LogP contribution in [0.4, 0.5) is 0 Å². The van der Waals surface area contributed by atoms with Gasteiger partial charge in [0.1, 0.15) is 0 Å². The number of hydrogen-bond acceptors (Lipinski definition) is 4. The van der Waals surface area contributed by atoms with Crippen molar-refractivity contribution in [3.63, 3.8) is 0 Å². The molecule has 0 amide bonds. The normalized spacial score (nSPS) is 10.9. The zero-order chi connectivity index (χ0) is 14.5. The van der Waals surface area contributed by atoms with Crippen LogP contribution in [0.15, 0.2) is 23.0 Å². The van der Waals surface area contributed by atoms with Crippen LogP contribution >= 0.6 is 0 Å². The Morgan fingerprint density at radius 2 is 2.05 bits per heavy atom. The zero-order valence-corrected chi connectivity index (χ0v) is 12.2. The van der Waals surface area contributed by atoms with Crippen LogP contribution in [0.3, 0.4) is 0 Å². The van der Waals surface area contributed by atoms with Crippen molar-refractivity contribution in [2.75, 3.05) is 6.61 Å². The smallest absolute Gasteiger partial charge is 0.368 e. The van der Waals surface area contributed by atoms with Crippen molar-refractivity contribution >= 4 is 0 Å². The molecule has 0 fully saturated rings. The third-order valence-electron chi connectivity index (χ3n) is 3.17. The van der Waals surface area contributed by atoms with Gasteiger partial charge in [-0.1, -0.05) is 26.0 Å². The second-order valence-electron chi connectivity index (χ2n) is 4.62. The third-order valence-corrected chi connectivity index (χ3v) is 3.17. The summed E-state index contributed by atoms with van der Waals surface area (Å²) in [7, 11) is 1.59. The molecule has 2 aromatic rings. The van der Waals surface area contributed by atoms with E-state index >= 15 is 0 Å². The molecule has 0 N–H and O–H groups in total. The Balaban J connectivity index is 2.46. The molecule has 20 heavy (non-hydrogen) atoms. The molecule has 6 heteroatoms. The molecule has 0 aliphatic carbocycles. The summed E-state index contributed by atoms with van der Waals surface area (Å²) in [6.45, 7) is 5.34. The van der Waals surface area contributed by atoms with Crippen LogP contribution in [0.1, 0.15) is 31.4 Å². The molecule has 2 rings (SSSR count). The predicted octanol–water partition coefficient (Wildman–Crippen LogP) is 1.46. The van der Waals surface area contributed by atoms with Gasteiger partial charge in [0.05, 0.1) is 12.3 Å². The summed E-state index contributed by atoms with van der Waals surface area (Å²) in [5.41, 5.74) is 2.66. The van der Waals surface area contributed by atoms with E-state index in [-0.39, 0.29) is 5.69 Å². The van der Waals surface area contributed by atoms with Crippen LogP contribution in [0.25, 0.3) is 5.69 Å². The summed E-state index contributed by atoms with van der Waals surface area (Å²) in [6.07, 6.45) is 1.85. The Morgan fingerprint density at radius 3 is 2.65 bits per heavy atom. The topological polar surface area (TPSA) is 61.9 Å². The molecule has 0 bridgehead atoms. The largest absolute Gasteiger partial charge is 0.377 e. The second kappa shape index (κ2) is 6.47. The SMILES string of the molecule is CCCOCc1c(CC)cccc1-n1nnn(C)c1=O. The standard InChI is InChI=1S/C14H20N4O2/c1-4-9-20-10-12-11(5-2)7-6-8-13(12)18-14(19)17(3)15-16-18/h6-8H,4-5,9-10H2,1-3H3. The molecule has 0 saturated carbocycles. The van der Waals surface area contributed by atoms with Crippen molar-refractivity contribution in [1.29, 1.82) is 0 Å². The summed E-state index contributed by atoms with van der Waals surface area (Å²) in [6, 6.07) is 5.86. The lowest BCUT2D eigenvalue weighted by atomic mass is 10.0. The van der Waals surface area contributed by atoms with Crippen molar-refractivity contribution < 1.29 is 4.74 Å². The molecule has 1 aromatic carbocycles. The van der Waals surface area contributed by atoms with Gasteiger partial charge in [-0.05, 0) is 34.9 Å². The van der Waals surface area contributed by atoms with E-state index in [4.69, 9.17) is 4.74 Å². The fraction of sp³-hybridized carbons (Fsp3) is 0.500. The van der Waals surface area contributed by atoms with Gasteiger partial charge in [-0.3, -0.25) is 0 Å². The maximum absolute atomic E-state index is 12.0. The van der Waals surface area contributed by atoms with Crippen molar-refractivity contribution in [3.8, 4) is 5.69 Å². The number of nitrogens with zero attached hydrogens (tertiary/aromatic N) is 4. The van der Waals surface area contributed by atoms with Gasteiger partial charge in [0.15, 0.2) is 0 Å². The minimum Gasteiger partial charge on any atom is -0.377 e. The number of hydrogen-bond donors (Lipinski definition) is 0. The summed E-state index contributed by atoms with van der Waals surface area (Å²) in [5, 5.41) is 7.67. The first-order chi connectivity index (χ1) is 9.69. The van der Waals surface area contributed by atoms with Crippen molar-refractivity contribution in [1.82, 2.24) is 19.8 Å². The molecule has 0 spiro atoms. The molecule has 0 atom stereocenters. The van der Waals surface area contributed by atoms with Gasteiger partial charge in [0.2, 0.25) is 0 Å². The average molecular weight is 276 g/mol. The van der Waals surface area contributed by atoms with Crippen LogP contribution in [0.5, 0.6) is 0 Å². The van der Waals surface area contributed by atoms with Gasteiger partial charge in [-0.2, -0.15) is 9.36 Å². The maximum Gasteiger partial charge on any atom is 0.368 e. The molecule has 0 radical (unpaired) electrons. The van der Waals surface area contributed by atoms with E-state index in [2.05, 4.69) is 30.3 Å². The summed E-state index contributed by atoms with van der Waals surface area (Å²) >= 11 is 0. The predicted molar refractivity (Wildman–Crippen MR) is 75.9 cm³/mol. The van der Waals surface area contributed by atoms with Gasteiger partial charge in [0.25, 0.3) is 0 Å². The van der Waals surface area contributed by atoms with E-state index in [1.165, 1.54) is 9.36 Å². The summed E-state index contributed by atoms with van der Waals surface area (Å²) in [4.78, 5) is 12.0. The van der Waals surface area contributed by atoms with Crippen molar-refractivity contribution in [2.24, 2.45) is 7.05 Å². The average Bonchev–Trinajstić information content (AvgIpc) is 2.79. The first-order valence-corrected chi connectivity index (χ1v) is 6.86. The lowest BCUT2D eigenvalue weighted by molar-refractivity contribution is 0.121. The molecule has 0 saturated heterocycles. The van der Waals surface area contributed by atoms with Gasteiger partial charge >= 0.3 is 5.69 Å². The third kappa shape index (κ3) is 2.80.